The summed E-state index contributed by atoms with van der Waals surface area (Å²) in [4.78, 5) is 23.3. The molecule has 130 valence electrons. The third-order valence-electron chi connectivity index (χ3n) is 4.58. The van der Waals surface area contributed by atoms with Crippen molar-refractivity contribution in [3.05, 3.63) is 83.2 Å². The van der Waals surface area contributed by atoms with Gasteiger partial charge in [0.2, 0.25) is 5.95 Å². The minimum Gasteiger partial charge on any atom is -0.350 e. The summed E-state index contributed by atoms with van der Waals surface area (Å²) in [6.45, 7) is 3.37. The van der Waals surface area contributed by atoms with Crippen molar-refractivity contribution in [2.75, 3.05) is 16.8 Å². The number of rotatable bonds is 4. The van der Waals surface area contributed by atoms with Gasteiger partial charge in [0, 0.05) is 25.0 Å². The van der Waals surface area contributed by atoms with Gasteiger partial charge in [-0.15, -0.1) is 0 Å². The first-order valence-electron chi connectivity index (χ1n) is 8.73. The molecular weight excluding hydrogens is 324 g/mol. The number of amides is 1. The van der Waals surface area contributed by atoms with Crippen LogP contribution in [0.3, 0.4) is 0 Å². The summed E-state index contributed by atoms with van der Waals surface area (Å²) < 4.78 is 0. The molecule has 0 bridgehead atoms. The molecule has 1 aromatic heterocycles. The molecule has 1 amide bonds. The zero-order valence-electron chi connectivity index (χ0n) is 14.6. The van der Waals surface area contributed by atoms with Gasteiger partial charge >= 0.3 is 0 Å². The SMILES string of the molecule is Cc1ccc(CNc2nccc(C(=O)N3CCc4ccccc43)n2)cc1. The Morgan fingerprint density at radius 2 is 1.92 bits per heavy atom. The van der Waals surface area contributed by atoms with E-state index in [2.05, 4.69) is 52.5 Å². The molecule has 0 spiro atoms. The van der Waals surface area contributed by atoms with Gasteiger partial charge < -0.3 is 10.2 Å². The average Bonchev–Trinajstić information content (AvgIpc) is 3.11. The predicted molar refractivity (Wildman–Crippen MR) is 102 cm³/mol. The standard InChI is InChI=1S/C21H20N4O/c1-15-6-8-16(9-7-15)14-23-21-22-12-10-18(24-21)20(26)25-13-11-17-4-2-3-5-19(17)25/h2-10,12H,11,13-14H2,1H3,(H,22,23,24). The molecule has 2 heterocycles. The van der Waals surface area contributed by atoms with Crippen LogP contribution in [0.5, 0.6) is 0 Å². The molecule has 0 aliphatic carbocycles. The van der Waals surface area contributed by atoms with E-state index in [0.717, 1.165) is 17.7 Å². The Hall–Kier alpha value is -3.21. The second-order valence-corrected chi connectivity index (χ2v) is 6.44. The summed E-state index contributed by atoms with van der Waals surface area (Å²) in [6.07, 6.45) is 2.51. The van der Waals surface area contributed by atoms with Crippen LogP contribution in [0.4, 0.5) is 11.6 Å². The molecule has 0 fully saturated rings. The van der Waals surface area contributed by atoms with Crippen LogP contribution in [0.25, 0.3) is 0 Å². The van der Waals surface area contributed by atoms with E-state index in [0.29, 0.717) is 24.7 Å². The highest BCUT2D eigenvalue weighted by atomic mass is 16.2. The van der Waals surface area contributed by atoms with Gasteiger partial charge in [-0.3, -0.25) is 4.79 Å². The first-order valence-corrected chi connectivity index (χ1v) is 8.73. The van der Waals surface area contributed by atoms with Crippen molar-refractivity contribution < 1.29 is 4.79 Å². The van der Waals surface area contributed by atoms with Gasteiger partial charge in [-0.25, -0.2) is 9.97 Å². The number of anilines is 2. The average molecular weight is 344 g/mol. The van der Waals surface area contributed by atoms with Crippen molar-refractivity contribution in [2.24, 2.45) is 0 Å². The lowest BCUT2D eigenvalue weighted by Gasteiger charge is -2.17. The molecule has 5 heteroatoms. The van der Waals surface area contributed by atoms with Crippen LogP contribution < -0.4 is 10.2 Å². The van der Waals surface area contributed by atoms with E-state index >= 15 is 0 Å². The van der Waals surface area contributed by atoms with Crippen molar-refractivity contribution in [2.45, 2.75) is 19.9 Å². The molecule has 0 atom stereocenters. The Morgan fingerprint density at radius 3 is 2.77 bits per heavy atom. The fourth-order valence-corrected chi connectivity index (χ4v) is 3.14. The Bertz CT molecular complexity index is 937. The van der Waals surface area contributed by atoms with Gasteiger partial charge in [-0.1, -0.05) is 48.0 Å². The number of para-hydroxylation sites is 1. The molecule has 2 aromatic carbocycles. The van der Waals surface area contributed by atoms with E-state index in [4.69, 9.17) is 0 Å². The predicted octanol–water partition coefficient (Wildman–Crippen LogP) is 3.60. The van der Waals surface area contributed by atoms with Gasteiger partial charge in [-0.05, 0) is 36.6 Å². The molecule has 0 unspecified atom stereocenters. The highest BCUT2D eigenvalue weighted by molar-refractivity contribution is 6.06. The van der Waals surface area contributed by atoms with E-state index < -0.39 is 0 Å². The number of benzene rings is 2. The molecule has 4 rings (SSSR count). The van der Waals surface area contributed by atoms with Crippen molar-refractivity contribution in [1.82, 2.24) is 9.97 Å². The summed E-state index contributed by atoms with van der Waals surface area (Å²) in [5, 5.41) is 3.19. The largest absolute Gasteiger partial charge is 0.350 e. The van der Waals surface area contributed by atoms with Gasteiger partial charge in [-0.2, -0.15) is 0 Å². The van der Waals surface area contributed by atoms with Crippen molar-refractivity contribution >= 4 is 17.5 Å². The number of fused-ring (bicyclic) bond motifs is 1. The van der Waals surface area contributed by atoms with Crippen LogP contribution >= 0.6 is 0 Å². The summed E-state index contributed by atoms with van der Waals surface area (Å²) in [6, 6.07) is 18.0. The second kappa shape index (κ2) is 6.96. The van der Waals surface area contributed by atoms with E-state index in [1.165, 1.54) is 11.1 Å². The van der Waals surface area contributed by atoms with Crippen molar-refractivity contribution in [3.63, 3.8) is 0 Å². The molecular formula is C21H20N4O. The summed E-state index contributed by atoms with van der Waals surface area (Å²) >= 11 is 0. The topological polar surface area (TPSA) is 58.1 Å². The van der Waals surface area contributed by atoms with Gasteiger partial charge in [0.15, 0.2) is 0 Å². The summed E-state index contributed by atoms with van der Waals surface area (Å²) in [5.74, 6) is 0.375. The smallest absolute Gasteiger partial charge is 0.277 e. The lowest BCUT2D eigenvalue weighted by molar-refractivity contribution is 0.0984. The van der Waals surface area contributed by atoms with E-state index in [-0.39, 0.29) is 5.91 Å². The number of hydrogen-bond donors (Lipinski definition) is 1. The second-order valence-electron chi connectivity index (χ2n) is 6.44. The first-order chi connectivity index (χ1) is 12.7. The number of nitrogens with zero attached hydrogens (tertiary/aromatic N) is 3. The minimum atomic E-state index is -0.0873. The Kier molecular flexibility index (Phi) is 4.35. The van der Waals surface area contributed by atoms with Crippen LogP contribution in [-0.2, 0) is 13.0 Å². The lowest BCUT2D eigenvalue weighted by Crippen LogP contribution is -2.29. The van der Waals surface area contributed by atoms with E-state index in [1.807, 2.05) is 18.2 Å². The molecule has 3 aromatic rings. The Labute approximate surface area is 152 Å². The van der Waals surface area contributed by atoms with Gasteiger partial charge in [0.05, 0.1) is 0 Å². The fraction of sp³-hybridized carbons (Fsp3) is 0.190. The molecule has 1 aliphatic rings. The van der Waals surface area contributed by atoms with Gasteiger partial charge in [0.25, 0.3) is 5.91 Å². The maximum Gasteiger partial charge on any atom is 0.277 e. The van der Waals surface area contributed by atoms with Crippen molar-refractivity contribution in [3.8, 4) is 0 Å². The van der Waals surface area contributed by atoms with Crippen LogP contribution in [-0.4, -0.2) is 22.4 Å². The first kappa shape index (κ1) is 16.3. The van der Waals surface area contributed by atoms with Crippen LogP contribution in [0.2, 0.25) is 0 Å². The maximum absolute atomic E-state index is 12.9. The van der Waals surface area contributed by atoms with E-state index in [1.54, 1.807) is 17.2 Å². The highest BCUT2D eigenvalue weighted by Crippen LogP contribution is 2.28. The number of carbonyl (C=O) groups is 1. The third kappa shape index (κ3) is 3.28. The molecule has 0 saturated carbocycles. The number of aryl methyl sites for hydroxylation is 1. The maximum atomic E-state index is 12.9. The fourth-order valence-electron chi connectivity index (χ4n) is 3.14. The van der Waals surface area contributed by atoms with Crippen LogP contribution in [0, 0.1) is 6.92 Å². The zero-order valence-corrected chi connectivity index (χ0v) is 14.6. The minimum absolute atomic E-state index is 0.0873. The van der Waals surface area contributed by atoms with E-state index in [9.17, 15) is 4.79 Å². The monoisotopic (exact) mass is 344 g/mol. The normalized spacial score (nSPS) is 12.7. The number of hydrogen-bond acceptors (Lipinski definition) is 4. The quantitative estimate of drug-likeness (QED) is 0.786. The summed E-state index contributed by atoms with van der Waals surface area (Å²) in [5.41, 5.74) is 4.95. The molecule has 0 saturated heterocycles. The molecule has 1 N–H and O–H groups in total. The van der Waals surface area contributed by atoms with Crippen LogP contribution in [0.15, 0.2) is 60.8 Å². The molecule has 0 radical (unpaired) electrons. The summed E-state index contributed by atoms with van der Waals surface area (Å²) in [7, 11) is 0. The lowest BCUT2D eigenvalue weighted by atomic mass is 10.1. The van der Waals surface area contributed by atoms with Crippen LogP contribution in [0.1, 0.15) is 27.2 Å². The third-order valence-corrected chi connectivity index (χ3v) is 4.58. The number of carbonyl (C=O) groups excluding carboxylic acids is 1. The highest BCUT2D eigenvalue weighted by Gasteiger charge is 2.26. The van der Waals surface area contributed by atoms with Crippen molar-refractivity contribution in [1.29, 1.82) is 0 Å². The number of aromatic nitrogens is 2. The number of nitrogens with one attached hydrogen (secondary N) is 1. The Balaban J connectivity index is 1.49. The zero-order chi connectivity index (χ0) is 17.9. The van der Waals surface area contributed by atoms with Gasteiger partial charge in [0.1, 0.15) is 5.69 Å². The molecule has 26 heavy (non-hydrogen) atoms. The Morgan fingerprint density at radius 1 is 1.12 bits per heavy atom. The molecule has 1 aliphatic heterocycles. The molecule has 5 nitrogen and oxygen atoms in total.